The number of hydrogen-bond acceptors (Lipinski definition) is 2. The summed E-state index contributed by atoms with van der Waals surface area (Å²) in [5.41, 5.74) is 3.15. The summed E-state index contributed by atoms with van der Waals surface area (Å²) < 4.78 is 0.898. The van der Waals surface area contributed by atoms with E-state index in [0.717, 1.165) is 21.4 Å². The highest BCUT2D eigenvalue weighted by Crippen LogP contribution is 2.26. The van der Waals surface area contributed by atoms with E-state index in [4.69, 9.17) is 0 Å². The molecule has 0 spiro atoms. The first-order chi connectivity index (χ1) is 8.09. The molecule has 5 heteroatoms. The van der Waals surface area contributed by atoms with E-state index in [1.54, 1.807) is 0 Å². The Morgan fingerprint density at radius 1 is 1.41 bits per heavy atom. The molecule has 0 aliphatic carbocycles. The van der Waals surface area contributed by atoms with E-state index in [9.17, 15) is 4.79 Å². The summed E-state index contributed by atoms with van der Waals surface area (Å²) in [4.78, 5) is 12.0. The lowest BCUT2D eigenvalue weighted by molar-refractivity contribution is 0.102. The van der Waals surface area contributed by atoms with Gasteiger partial charge in [-0.25, -0.2) is 0 Å². The number of halogens is 1. The van der Waals surface area contributed by atoms with Crippen molar-refractivity contribution in [2.75, 3.05) is 5.32 Å². The Balaban J connectivity index is 2.25. The molecule has 0 fully saturated rings. The third kappa shape index (κ3) is 2.39. The first-order valence-electron chi connectivity index (χ1n) is 5.16. The van der Waals surface area contributed by atoms with Crippen LogP contribution in [-0.2, 0) is 0 Å². The molecule has 2 N–H and O–H groups in total. The average Bonchev–Trinajstić information content (AvgIpc) is 2.71. The van der Waals surface area contributed by atoms with Crippen molar-refractivity contribution in [3.63, 3.8) is 0 Å². The van der Waals surface area contributed by atoms with Gasteiger partial charge in [0.2, 0.25) is 0 Å². The van der Waals surface area contributed by atoms with Crippen LogP contribution >= 0.6 is 15.9 Å². The molecule has 88 valence electrons. The normalized spacial score (nSPS) is 10.3. The van der Waals surface area contributed by atoms with Crippen LogP contribution in [0.3, 0.4) is 0 Å². The molecule has 0 aliphatic rings. The Morgan fingerprint density at radius 3 is 2.82 bits per heavy atom. The number of H-pyrrole nitrogens is 1. The Hall–Kier alpha value is -1.62. The second kappa shape index (κ2) is 4.71. The van der Waals surface area contributed by atoms with Gasteiger partial charge in [-0.2, -0.15) is 5.10 Å². The van der Waals surface area contributed by atoms with Crippen LogP contribution in [0.5, 0.6) is 0 Å². The van der Waals surface area contributed by atoms with E-state index >= 15 is 0 Å². The fraction of sp³-hybridized carbons (Fsp3) is 0.167. The summed E-state index contributed by atoms with van der Waals surface area (Å²) >= 11 is 3.45. The molecule has 1 amide bonds. The number of amides is 1. The van der Waals surface area contributed by atoms with Gasteiger partial charge in [-0.1, -0.05) is 12.1 Å². The fourth-order valence-electron chi connectivity index (χ4n) is 1.51. The molecule has 2 aromatic rings. The zero-order valence-electron chi connectivity index (χ0n) is 9.54. The molecule has 17 heavy (non-hydrogen) atoms. The average molecular weight is 294 g/mol. The third-order valence-electron chi connectivity index (χ3n) is 2.51. The summed E-state index contributed by atoms with van der Waals surface area (Å²) in [5, 5.41) is 9.41. The van der Waals surface area contributed by atoms with Crippen LogP contribution in [0, 0.1) is 13.8 Å². The molecule has 0 unspecified atom stereocenters. The Kier molecular flexibility index (Phi) is 3.28. The Labute approximate surface area is 108 Å². The minimum absolute atomic E-state index is 0.164. The summed E-state index contributed by atoms with van der Waals surface area (Å²) in [6.45, 7) is 3.79. The fourth-order valence-corrected chi connectivity index (χ4v) is 1.88. The SMILES string of the molecule is Cc1cccc(NC(=O)c2cn[nH]c2C)c1Br. The maximum Gasteiger partial charge on any atom is 0.259 e. The summed E-state index contributed by atoms with van der Waals surface area (Å²) in [5.74, 6) is -0.164. The van der Waals surface area contributed by atoms with Gasteiger partial charge in [-0.15, -0.1) is 0 Å². The molecule has 0 radical (unpaired) electrons. The number of nitrogens with one attached hydrogen (secondary N) is 2. The molecule has 0 atom stereocenters. The van der Waals surface area contributed by atoms with Gasteiger partial charge in [0.05, 0.1) is 17.4 Å². The van der Waals surface area contributed by atoms with Crippen molar-refractivity contribution in [2.24, 2.45) is 0 Å². The maximum atomic E-state index is 12.0. The van der Waals surface area contributed by atoms with Gasteiger partial charge in [-0.05, 0) is 41.4 Å². The molecule has 0 saturated heterocycles. The predicted molar refractivity (Wildman–Crippen MR) is 70.2 cm³/mol. The van der Waals surface area contributed by atoms with E-state index in [0.29, 0.717) is 5.56 Å². The summed E-state index contributed by atoms with van der Waals surface area (Å²) in [7, 11) is 0. The van der Waals surface area contributed by atoms with Crippen LogP contribution in [-0.4, -0.2) is 16.1 Å². The van der Waals surface area contributed by atoms with Crippen LogP contribution in [0.25, 0.3) is 0 Å². The smallest absolute Gasteiger partial charge is 0.259 e. The predicted octanol–water partition coefficient (Wildman–Crippen LogP) is 3.04. The molecule has 4 nitrogen and oxygen atoms in total. The highest BCUT2D eigenvalue weighted by Gasteiger charge is 2.12. The largest absolute Gasteiger partial charge is 0.321 e. The third-order valence-corrected chi connectivity index (χ3v) is 3.57. The topological polar surface area (TPSA) is 57.8 Å². The molecule has 1 aromatic heterocycles. The van der Waals surface area contributed by atoms with Gasteiger partial charge in [-0.3, -0.25) is 9.89 Å². The van der Waals surface area contributed by atoms with Crippen molar-refractivity contribution in [3.05, 3.63) is 45.7 Å². The number of carbonyl (C=O) groups is 1. The second-order valence-corrected chi connectivity index (χ2v) is 4.59. The van der Waals surface area contributed by atoms with E-state index in [1.165, 1.54) is 6.20 Å². The molecule has 0 saturated carbocycles. The van der Waals surface area contributed by atoms with Crippen molar-refractivity contribution < 1.29 is 4.79 Å². The number of aromatic nitrogens is 2. The van der Waals surface area contributed by atoms with Crippen molar-refractivity contribution in [1.29, 1.82) is 0 Å². The zero-order valence-corrected chi connectivity index (χ0v) is 11.1. The number of aryl methyl sites for hydroxylation is 2. The lowest BCUT2D eigenvalue weighted by atomic mass is 10.2. The molecule has 0 aliphatic heterocycles. The standard InChI is InChI=1S/C12H12BrN3O/c1-7-4-3-5-10(11(7)13)15-12(17)9-6-14-16-8(9)2/h3-6H,1-2H3,(H,14,16)(H,15,17). The molecular formula is C12H12BrN3O. The van der Waals surface area contributed by atoms with Gasteiger partial charge in [0, 0.05) is 10.2 Å². The number of hydrogen-bond donors (Lipinski definition) is 2. The monoisotopic (exact) mass is 293 g/mol. The van der Waals surface area contributed by atoms with Crippen molar-refractivity contribution in [3.8, 4) is 0 Å². The molecule has 1 heterocycles. The van der Waals surface area contributed by atoms with Crippen LogP contribution in [0.1, 0.15) is 21.6 Å². The van der Waals surface area contributed by atoms with Crippen LogP contribution < -0.4 is 5.32 Å². The lowest BCUT2D eigenvalue weighted by Crippen LogP contribution is -2.12. The van der Waals surface area contributed by atoms with Gasteiger partial charge >= 0.3 is 0 Å². The minimum atomic E-state index is -0.164. The van der Waals surface area contributed by atoms with Gasteiger partial charge in [0.1, 0.15) is 0 Å². The van der Waals surface area contributed by atoms with Crippen molar-refractivity contribution in [1.82, 2.24) is 10.2 Å². The van der Waals surface area contributed by atoms with E-state index in [-0.39, 0.29) is 5.91 Å². The second-order valence-electron chi connectivity index (χ2n) is 3.80. The van der Waals surface area contributed by atoms with Crippen LogP contribution in [0.4, 0.5) is 5.69 Å². The molecular weight excluding hydrogens is 282 g/mol. The number of rotatable bonds is 2. The highest BCUT2D eigenvalue weighted by molar-refractivity contribution is 9.10. The number of aromatic amines is 1. The van der Waals surface area contributed by atoms with Crippen LogP contribution in [0.2, 0.25) is 0 Å². The molecule has 0 bridgehead atoms. The number of anilines is 1. The minimum Gasteiger partial charge on any atom is -0.321 e. The summed E-state index contributed by atoms with van der Waals surface area (Å²) in [6.07, 6.45) is 1.52. The first-order valence-corrected chi connectivity index (χ1v) is 5.95. The van der Waals surface area contributed by atoms with E-state index < -0.39 is 0 Å². The lowest BCUT2D eigenvalue weighted by Gasteiger charge is -2.08. The molecule has 2 rings (SSSR count). The van der Waals surface area contributed by atoms with Gasteiger partial charge in [0.15, 0.2) is 0 Å². The summed E-state index contributed by atoms with van der Waals surface area (Å²) in [6, 6.07) is 5.73. The number of benzene rings is 1. The Bertz CT molecular complexity index is 563. The zero-order chi connectivity index (χ0) is 12.4. The molecule has 1 aromatic carbocycles. The van der Waals surface area contributed by atoms with Gasteiger partial charge in [0.25, 0.3) is 5.91 Å². The Morgan fingerprint density at radius 2 is 2.18 bits per heavy atom. The number of nitrogens with zero attached hydrogens (tertiary/aromatic N) is 1. The maximum absolute atomic E-state index is 12.0. The van der Waals surface area contributed by atoms with E-state index in [2.05, 4.69) is 31.4 Å². The van der Waals surface area contributed by atoms with Gasteiger partial charge < -0.3 is 5.32 Å². The van der Waals surface area contributed by atoms with Crippen molar-refractivity contribution >= 4 is 27.5 Å². The van der Waals surface area contributed by atoms with Crippen LogP contribution in [0.15, 0.2) is 28.9 Å². The first kappa shape index (κ1) is 11.9. The number of carbonyl (C=O) groups excluding carboxylic acids is 1. The quantitative estimate of drug-likeness (QED) is 0.894. The van der Waals surface area contributed by atoms with Crippen molar-refractivity contribution in [2.45, 2.75) is 13.8 Å². The van der Waals surface area contributed by atoms with E-state index in [1.807, 2.05) is 32.0 Å². The highest BCUT2D eigenvalue weighted by atomic mass is 79.9.